The third-order valence-corrected chi connectivity index (χ3v) is 3.70. The van der Waals surface area contributed by atoms with Gasteiger partial charge in [-0.05, 0) is 42.7 Å². The zero-order chi connectivity index (χ0) is 14.7. The lowest BCUT2D eigenvalue weighted by Crippen LogP contribution is -2.19. The Morgan fingerprint density at radius 3 is 2.90 bits per heavy atom. The number of nitrogens with one attached hydrogen (secondary N) is 1. The fourth-order valence-corrected chi connectivity index (χ4v) is 2.34. The highest BCUT2D eigenvalue weighted by Gasteiger charge is 2.20. The summed E-state index contributed by atoms with van der Waals surface area (Å²) in [5, 5.41) is 3.47. The average molecular weight is 285 g/mol. The minimum atomic E-state index is -0.190. The van der Waals surface area contributed by atoms with Crippen molar-refractivity contribution in [1.82, 2.24) is 10.3 Å². The first-order valence-corrected chi connectivity index (χ1v) is 7.34. The standard InChI is InChI=1S/C17H20FN3/c1-21(12-13-3-2-4-14(18)9-13)17-7-8-19-16(10-17)11-20-15-5-6-15/h2-4,7-10,15,20H,5-6,11-12H2,1H3. The largest absolute Gasteiger partial charge is 0.370 e. The minimum absolute atomic E-state index is 0.190. The summed E-state index contributed by atoms with van der Waals surface area (Å²) < 4.78 is 13.2. The van der Waals surface area contributed by atoms with E-state index in [0.29, 0.717) is 12.6 Å². The number of nitrogens with zero attached hydrogens (tertiary/aromatic N) is 2. The Hall–Kier alpha value is -1.94. The van der Waals surface area contributed by atoms with Gasteiger partial charge < -0.3 is 10.2 Å². The Kier molecular flexibility index (Phi) is 4.15. The van der Waals surface area contributed by atoms with Crippen LogP contribution in [0, 0.1) is 5.82 Å². The molecule has 1 aliphatic rings. The molecule has 0 saturated heterocycles. The summed E-state index contributed by atoms with van der Waals surface area (Å²) in [5.74, 6) is -0.190. The number of anilines is 1. The molecule has 1 N–H and O–H groups in total. The molecule has 1 heterocycles. The second kappa shape index (κ2) is 6.22. The van der Waals surface area contributed by atoms with Crippen LogP contribution >= 0.6 is 0 Å². The van der Waals surface area contributed by atoms with Crippen molar-refractivity contribution in [2.75, 3.05) is 11.9 Å². The van der Waals surface area contributed by atoms with E-state index in [1.165, 1.54) is 18.9 Å². The van der Waals surface area contributed by atoms with Gasteiger partial charge in [0.15, 0.2) is 0 Å². The molecule has 0 amide bonds. The number of hydrogen-bond acceptors (Lipinski definition) is 3. The van der Waals surface area contributed by atoms with Crippen LogP contribution in [-0.4, -0.2) is 18.1 Å². The van der Waals surface area contributed by atoms with Crippen LogP contribution < -0.4 is 10.2 Å². The van der Waals surface area contributed by atoms with E-state index in [2.05, 4.69) is 21.3 Å². The maximum atomic E-state index is 13.2. The lowest BCUT2D eigenvalue weighted by atomic mass is 10.2. The molecular weight excluding hydrogens is 265 g/mol. The van der Waals surface area contributed by atoms with Crippen LogP contribution in [0.15, 0.2) is 42.6 Å². The number of benzene rings is 1. The predicted octanol–water partition coefficient (Wildman–Crippen LogP) is 3.11. The van der Waals surface area contributed by atoms with E-state index in [9.17, 15) is 4.39 Å². The minimum Gasteiger partial charge on any atom is -0.370 e. The van der Waals surface area contributed by atoms with Gasteiger partial charge in [-0.1, -0.05) is 12.1 Å². The Labute approximate surface area is 124 Å². The van der Waals surface area contributed by atoms with Gasteiger partial charge in [-0.3, -0.25) is 4.98 Å². The van der Waals surface area contributed by atoms with Gasteiger partial charge in [0.05, 0.1) is 5.69 Å². The smallest absolute Gasteiger partial charge is 0.123 e. The second-order valence-electron chi connectivity index (χ2n) is 5.65. The van der Waals surface area contributed by atoms with E-state index in [1.807, 2.05) is 25.4 Å². The molecule has 3 rings (SSSR count). The molecule has 0 atom stereocenters. The molecule has 1 fully saturated rings. The fourth-order valence-electron chi connectivity index (χ4n) is 2.34. The van der Waals surface area contributed by atoms with E-state index >= 15 is 0 Å². The second-order valence-corrected chi connectivity index (χ2v) is 5.65. The van der Waals surface area contributed by atoms with E-state index in [4.69, 9.17) is 0 Å². The van der Waals surface area contributed by atoms with Crippen LogP contribution in [0.2, 0.25) is 0 Å². The number of hydrogen-bond donors (Lipinski definition) is 1. The fraction of sp³-hybridized carbons (Fsp3) is 0.353. The lowest BCUT2D eigenvalue weighted by molar-refractivity contribution is 0.625. The van der Waals surface area contributed by atoms with Crippen LogP contribution in [0.1, 0.15) is 24.1 Å². The molecule has 0 unspecified atom stereocenters. The molecule has 1 aliphatic carbocycles. The monoisotopic (exact) mass is 285 g/mol. The number of rotatable bonds is 6. The summed E-state index contributed by atoms with van der Waals surface area (Å²) in [6.07, 6.45) is 4.39. The number of pyridine rings is 1. The third-order valence-electron chi connectivity index (χ3n) is 3.70. The van der Waals surface area contributed by atoms with Crippen molar-refractivity contribution in [3.63, 3.8) is 0 Å². The molecule has 3 nitrogen and oxygen atoms in total. The Morgan fingerprint density at radius 2 is 2.14 bits per heavy atom. The predicted molar refractivity (Wildman–Crippen MR) is 82.6 cm³/mol. The van der Waals surface area contributed by atoms with Crippen LogP contribution in [0.5, 0.6) is 0 Å². The highest BCUT2D eigenvalue weighted by molar-refractivity contribution is 5.46. The molecule has 21 heavy (non-hydrogen) atoms. The van der Waals surface area contributed by atoms with E-state index in [-0.39, 0.29) is 5.82 Å². The number of halogens is 1. The van der Waals surface area contributed by atoms with Gasteiger partial charge >= 0.3 is 0 Å². The van der Waals surface area contributed by atoms with Gasteiger partial charge in [0.2, 0.25) is 0 Å². The van der Waals surface area contributed by atoms with Crippen LogP contribution in [0.3, 0.4) is 0 Å². The van der Waals surface area contributed by atoms with Crippen molar-refractivity contribution in [3.8, 4) is 0 Å². The Morgan fingerprint density at radius 1 is 1.29 bits per heavy atom. The third kappa shape index (κ3) is 4.02. The molecule has 0 bridgehead atoms. The first-order valence-electron chi connectivity index (χ1n) is 7.34. The quantitative estimate of drug-likeness (QED) is 0.884. The van der Waals surface area contributed by atoms with Crippen LogP contribution in [-0.2, 0) is 13.1 Å². The highest BCUT2D eigenvalue weighted by Crippen LogP contribution is 2.20. The maximum absolute atomic E-state index is 13.2. The molecule has 4 heteroatoms. The molecular formula is C17H20FN3. The molecule has 1 aromatic carbocycles. The van der Waals surface area contributed by atoms with Crippen molar-refractivity contribution < 1.29 is 4.39 Å². The van der Waals surface area contributed by atoms with Gasteiger partial charge in [0.1, 0.15) is 5.82 Å². The molecule has 0 spiro atoms. The SMILES string of the molecule is CN(Cc1cccc(F)c1)c1ccnc(CNC2CC2)c1. The summed E-state index contributed by atoms with van der Waals surface area (Å²) in [4.78, 5) is 6.50. The number of aromatic nitrogens is 1. The Balaban J connectivity index is 1.65. The van der Waals surface area contributed by atoms with Crippen molar-refractivity contribution in [2.24, 2.45) is 0 Å². The van der Waals surface area contributed by atoms with Gasteiger partial charge in [-0.15, -0.1) is 0 Å². The van der Waals surface area contributed by atoms with Crippen molar-refractivity contribution in [2.45, 2.75) is 32.0 Å². The Bertz CT molecular complexity index is 610. The average Bonchev–Trinajstić information content (AvgIpc) is 3.30. The zero-order valence-corrected chi connectivity index (χ0v) is 12.2. The zero-order valence-electron chi connectivity index (χ0n) is 12.2. The lowest BCUT2D eigenvalue weighted by Gasteiger charge is -2.20. The maximum Gasteiger partial charge on any atom is 0.123 e. The summed E-state index contributed by atoms with van der Waals surface area (Å²) >= 11 is 0. The first kappa shape index (κ1) is 14.0. The van der Waals surface area contributed by atoms with Crippen molar-refractivity contribution in [1.29, 1.82) is 0 Å². The van der Waals surface area contributed by atoms with Gasteiger partial charge in [-0.2, -0.15) is 0 Å². The van der Waals surface area contributed by atoms with E-state index < -0.39 is 0 Å². The van der Waals surface area contributed by atoms with Gasteiger partial charge in [0, 0.05) is 38.1 Å². The molecule has 110 valence electrons. The van der Waals surface area contributed by atoms with Crippen LogP contribution in [0.4, 0.5) is 10.1 Å². The van der Waals surface area contributed by atoms with Gasteiger partial charge in [-0.25, -0.2) is 4.39 Å². The summed E-state index contributed by atoms with van der Waals surface area (Å²) in [6.45, 7) is 1.49. The first-order chi connectivity index (χ1) is 10.2. The topological polar surface area (TPSA) is 28.2 Å². The highest BCUT2D eigenvalue weighted by atomic mass is 19.1. The summed E-state index contributed by atoms with van der Waals surface area (Å²) in [7, 11) is 2.01. The molecule has 2 aromatic rings. The molecule has 1 aromatic heterocycles. The molecule has 0 aliphatic heterocycles. The van der Waals surface area contributed by atoms with Crippen LogP contribution in [0.25, 0.3) is 0 Å². The summed E-state index contributed by atoms with van der Waals surface area (Å²) in [6, 6.07) is 11.5. The van der Waals surface area contributed by atoms with E-state index in [0.717, 1.165) is 23.5 Å². The van der Waals surface area contributed by atoms with Crippen molar-refractivity contribution in [3.05, 3.63) is 59.7 Å². The van der Waals surface area contributed by atoms with Crippen molar-refractivity contribution >= 4 is 5.69 Å². The normalized spacial score (nSPS) is 14.2. The molecule has 1 saturated carbocycles. The van der Waals surface area contributed by atoms with Gasteiger partial charge in [0.25, 0.3) is 0 Å². The summed E-state index contributed by atoms with van der Waals surface area (Å²) in [5.41, 5.74) is 3.11. The van der Waals surface area contributed by atoms with E-state index in [1.54, 1.807) is 12.1 Å². The molecule has 0 radical (unpaired) electrons.